The lowest BCUT2D eigenvalue weighted by Crippen LogP contribution is -2.52. The van der Waals surface area contributed by atoms with Crippen LogP contribution in [0, 0.1) is 11.7 Å². The number of nitrogens with zero attached hydrogens (tertiary/aromatic N) is 3. The zero-order valence-corrected chi connectivity index (χ0v) is 14.7. The lowest BCUT2D eigenvalue weighted by molar-refractivity contribution is -0.138. The van der Waals surface area contributed by atoms with E-state index in [1.807, 2.05) is 4.90 Å². The van der Waals surface area contributed by atoms with E-state index < -0.39 is 5.82 Å². The van der Waals surface area contributed by atoms with Gasteiger partial charge in [0.05, 0.1) is 17.4 Å². The molecule has 7 heteroatoms. The number of piperazine rings is 1. The van der Waals surface area contributed by atoms with Gasteiger partial charge in [0.2, 0.25) is 5.91 Å². The first-order valence-electron chi connectivity index (χ1n) is 9.34. The summed E-state index contributed by atoms with van der Waals surface area (Å²) in [6, 6.07) is 2.57. The van der Waals surface area contributed by atoms with Crippen LogP contribution in [0.15, 0.2) is 18.5 Å². The van der Waals surface area contributed by atoms with Crippen molar-refractivity contribution in [3.63, 3.8) is 0 Å². The fourth-order valence-corrected chi connectivity index (χ4v) is 4.09. The number of carbonyl (C=O) groups excluding carboxylic acids is 2. The van der Waals surface area contributed by atoms with E-state index in [1.165, 1.54) is 24.9 Å². The lowest BCUT2D eigenvalue weighted by Gasteiger charge is -2.37. The Morgan fingerprint density at radius 1 is 1.04 bits per heavy atom. The summed E-state index contributed by atoms with van der Waals surface area (Å²) in [5.41, 5.74) is 1.27. The van der Waals surface area contributed by atoms with Crippen LogP contribution in [-0.4, -0.2) is 57.8 Å². The zero-order chi connectivity index (χ0) is 18.1. The third kappa shape index (κ3) is 3.18. The number of aromatic nitrogens is 2. The molecule has 2 heterocycles. The molecule has 0 radical (unpaired) electrons. The average molecular weight is 358 g/mol. The summed E-state index contributed by atoms with van der Waals surface area (Å²) in [6.45, 7) is 2.03. The van der Waals surface area contributed by atoms with Gasteiger partial charge in [-0.05, 0) is 25.0 Å². The van der Waals surface area contributed by atoms with Crippen LogP contribution in [0.3, 0.4) is 0 Å². The molecular weight excluding hydrogens is 335 g/mol. The van der Waals surface area contributed by atoms with Crippen molar-refractivity contribution in [1.82, 2.24) is 19.8 Å². The third-order valence-corrected chi connectivity index (χ3v) is 5.55. The van der Waals surface area contributed by atoms with Gasteiger partial charge in [0.1, 0.15) is 11.3 Å². The molecule has 1 aliphatic carbocycles. The Balaban J connectivity index is 1.43. The van der Waals surface area contributed by atoms with Gasteiger partial charge < -0.3 is 14.8 Å². The van der Waals surface area contributed by atoms with E-state index in [2.05, 4.69) is 9.97 Å². The quantitative estimate of drug-likeness (QED) is 0.897. The molecule has 0 bridgehead atoms. The summed E-state index contributed by atoms with van der Waals surface area (Å²) in [7, 11) is 0. The number of H-pyrrole nitrogens is 1. The average Bonchev–Trinajstić information content (AvgIpc) is 3.15. The number of imidazole rings is 1. The Morgan fingerprint density at radius 3 is 2.46 bits per heavy atom. The summed E-state index contributed by atoms with van der Waals surface area (Å²) in [5.74, 6) is -0.308. The highest BCUT2D eigenvalue weighted by atomic mass is 19.1. The minimum absolute atomic E-state index is 0.151. The Morgan fingerprint density at radius 2 is 1.73 bits per heavy atom. The van der Waals surface area contributed by atoms with Crippen molar-refractivity contribution >= 4 is 22.8 Å². The van der Waals surface area contributed by atoms with E-state index in [-0.39, 0.29) is 23.3 Å². The van der Waals surface area contributed by atoms with Crippen LogP contribution >= 0.6 is 0 Å². The van der Waals surface area contributed by atoms with Crippen molar-refractivity contribution in [1.29, 1.82) is 0 Å². The first-order chi connectivity index (χ1) is 12.6. The number of rotatable bonds is 2. The monoisotopic (exact) mass is 358 g/mol. The molecule has 2 aliphatic rings. The van der Waals surface area contributed by atoms with Crippen molar-refractivity contribution in [2.75, 3.05) is 26.2 Å². The molecule has 4 rings (SSSR count). The Bertz CT molecular complexity index is 820. The van der Waals surface area contributed by atoms with Crippen LogP contribution in [0.25, 0.3) is 11.0 Å². The van der Waals surface area contributed by atoms with Gasteiger partial charge in [-0.25, -0.2) is 9.37 Å². The number of fused-ring (bicyclic) bond motifs is 1. The van der Waals surface area contributed by atoms with Crippen molar-refractivity contribution in [2.24, 2.45) is 5.92 Å². The molecule has 1 saturated heterocycles. The molecule has 1 aliphatic heterocycles. The summed E-state index contributed by atoms with van der Waals surface area (Å²) in [4.78, 5) is 36.0. The predicted octanol–water partition coefficient (Wildman–Crippen LogP) is 2.57. The first kappa shape index (κ1) is 17.0. The standard InChI is InChI=1S/C19H23FN4O2/c20-14-10-15(17-16(11-14)21-12-22-17)19(26)24-8-6-23(7-9-24)18(25)13-4-2-1-3-5-13/h10-13H,1-9H2,(H,21,22). The van der Waals surface area contributed by atoms with Crippen LogP contribution < -0.4 is 0 Å². The summed E-state index contributed by atoms with van der Waals surface area (Å²) >= 11 is 0. The Hall–Kier alpha value is -2.44. The second-order valence-corrected chi connectivity index (χ2v) is 7.20. The summed E-state index contributed by atoms with van der Waals surface area (Å²) < 4.78 is 13.8. The number of halogens is 1. The van der Waals surface area contributed by atoms with E-state index in [4.69, 9.17) is 0 Å². The predicted molar refractivity (Wildman–Crippen MR) is 95.1 cm³/mol. The first-order valence-corrected chi connectivity index (χ1v) is 9.34. The fraction of sp³-hybridized carbons (Fsp3) is 0.526. The van der Waals surface area contributed by atoms with Crippen LogP contribution in [0.5, 0.6) is 0 Å². The zero-order valence-electron chi connectivity index (χ0n) is 14.7. The van der Waals surface area contributed by atoms with E-state index in [9.17, 15) is 14.0 Å². The van der Waals surface area contributed by atoms with Gasteiger partial charge in [-0.3, -0.25) is 9.59 Å². The maximum absolute atomic E-state index is 13.8. The SMILES string of the molecule is O=C(c1cc(F)cc2[nH]cnc12)N1CCN(C(=O)C2CCCCC2)CC1. The number of aromatic amines is 1. The second kappa shape index (κ2) is 7.05. The fourth-order valence-electron chi connectivity index (χ4n) is 4.09. The molecule has 2 amide bonds. The number of nitrogens with one attached hydrogen (secondary N) is 1. The summed E-state index contributed by atoms with van der Waals surface area (Å²) in [5, 5.41) is 0. The molecule has 1 saturated carbocycles. The van der Waals surface area contributed by atoms with E-state index in [1.54, 1.807) is 4.90 Å². The number of benzene rings is 1. The highest BCUT2D eigenvalue weighted by molar-refractivity contribution is 6.04. The molecule has 0 spiro atoms. The Labute approximate surface area is 151 Å². The lowest BCUT2D eigenvalue weighted by atomic mass is 9.88. The Kier molecular flexibility index (Phi) is 4.61. The van der Waals surface area contributed by atoms with Gasteiger partial charge in [0, 0.05) is 32.1 Å². The van der Waals surface area contributed by atoms with Crippen molar-refractivity contribution in [3.05, 3.63) is 29.8 Å². The largest absolute Gasteiger partial charge is 0.344 e. The van der Waals surface area contributed by atoms with Crippen LogP contribution in [-0.2, 0) is 4.79 Å². The van der Waals surface area contributed by atoms with Gasteiger partial charge in [0.25, 0.3) is 5.91 Å². The maximum atomic E-state index is 13.8. The summed E-state index contributed by atoms with van der Waals surface area (Å²) in [6.07, 6.45) is 6.92. The molecule has 0 atom stereocenters. The molecule has 0 unspecified atom stereocenters. The van der Waals surface area contributed by atoms with E-state index in [0.29, 0.717) is 37.2 Å². The van der Waals surface area contributed by atoms with Crippen molar-refractivity contribution in [3.8, 4) is 0 Å². The van der Waals surface area contributed by atoms with Crippen LogP contribution in [0.2, 0.25) is 0 Å². The maximum Gasteiger partial charge on any atom is 0.256 e. The molecule has 1 aromatic carbocycles. The third-order valence-electron chi connectivity index (χ3n) is 5.55. The molecular formula is C19H23FN4O2. The van der Waals surface area contributed by atoms with Crippen molar-refractivity contribution in [2.45, 2.75) is 32.1 Å². The second-order valence-electron chi connectivity index (χ2n) is 7.20. The number of carbonyl (C=O) groups is 2. The number of amides is 2. The van der Waals surface area contributed by atoms with Gasteiger partial charge in [-0.1, -0.05) is 19.3 Å². The number of hydrogen-bond donors (Lipinski definition) is 1. The molecule has 2 fully saturated rings. The normalized spacial score (nSPS) is 19.1. The van der Waals surface area contributed by atoms with Gasteiger partial charge in [0.15, 0.2) is 0 Å². The smallest absolute Gasteiger partial charge is 0.256 e. The van der Waals surface area contributed by atoms with E-state index in [0.717, 1.165) is 25.7 Å². The minimum atomic E-state index is -0.462. The molecule has 1 aromatic heterocycles. The highest BCUT2D eigenvalue weighted by Gasteiger charge is 2.30. The molecule has 26 heavy (non-hydrogen) atoms. The van der Waals surface area contributed by atoms with Crippen LogP contribution in [0.1, 0.15) is 42.5 Å². The van der Waals surface area contributed by atoms with Gasteiger partial charge in [-0.15, -0.1) is 0 Å². The molecule has 138 valence electrons. The van der Waals surface area contributed by atoms with Gasteiger partial charge >= 0.3 is 0 Å². The molecule has 1 N–H and O–H groups in total. The van der Waals surface area contributed by atoms with Gasteiger partial charge in [-0.2, -0.15) is 0 Å². The van der Waals surface area contributed by atoms with E-state index >= 15 is 0 Å². The van der Waals surface area contributed by atoms with Crippen molar-refractivity contribution < 1.29 is 14.0 Å². The minimum Gasteiger partial charge on any atom is -0.344 e. The number of hydrogen-bond acceptors (Lipinski definition) is 3. The highest BCUT2D eigenvalue weighted by Crippen LogP contribution is 2.26. The molecule has 6 nitrogen and oxygen atoms in total. The topological polar surface area (TPSA) is 69.3 Å². The molecule has 2 aromatic rings. The van der Waals surface area contributed by atoms with Crippen LogP contribution in [0.4, 0.5) is 4.39 Å².